The Labute approximate surface area is 115 Å². The van der Waals surface area contributed by atoms with Crippen molar-refractivity contribution in [3.05, 3.63) is 50.2 Å². The monoisotopic (exact) mass is 321 g/mol. The fourth-order valence-electron chi connectivity index (χ4n) is 1.65. The van der Waals surface area contributed by atoms with Crippen LogP contribution in [0.3, 0.4) is 0 Å². The Morgan fingerprint density at radius 1 is 1.28 bits per heavy atom. The Bertz CT molecular complexity index is 776. The Morgan fingerprint density at radius 2 is 2.00 bits per heavy atom. The van der Waals surface area contributed by atoms with Crippen LogP contribution in [0.2, 0.25) is 0 Å². The minimum Gasteiger partial charge on any atom is -0.265 e. The number of benzene rings is 1. The molecule has 0 amide bonds. The first-order valence-electron chi connectivity index (χ1n) is 5.26. The zero-order chi connectivity index (χ0) is 12.7. The van der Waals surface area contributed by atoms with Crippen LogP contribution in [0.15, 0.2) is 38.9 Å². The minimum atomic E-state index is -0.265. The van der Waals surface area contributed by atoms with Gasteiger partial charge in [-0.2, -0.15) is 10.1 Å². The van der Waals surface area contributed by atoms with E-state index in [2.05, 4.69) is 26.0 Å². The molecule has 0 bridgehead atoms. The highest BCUT2D eigenvalue weighted by Gasteiger charge is 2.09. The third-order valence-electron chi connectivity index (χ3n) is 2.58. The van der Waals surface area contributed by atoms with Crippen molar-refractivity contribution in [3.63, 3.8) is 0 Å². The molecule has 0 saturated carbocycles. The lowest BCUT2D eigenvalue weighted by Crippen LogP contribution is -2.14. The smallest absolute Gasteiger partial charge is 0.265 e. The van der Waals surface area contributed by atoms with Crippen molar-refractivity contribution in [1.82, 2.24) is 14.6 Å². The molecule has 0 unspecified atom stereocenters. The van der Waals surface area contributed by atoms with Crippen molar-refractivity contribution in [1.29, 1.82) is 0 Å². The van der Waals surface area contributed by atoms with Crippen LogP contribution in [0.4, 0.5) is 0 Å². The number of hydrogen-bond acceptors (Lipinski definition) is 4. The van der Waals surface area contributed by atoms with Gasteiger partial charge in [0.05, 0.1) is 5.69 Å². The Balaban J connectivity index is 2.27. The fraction of sp³-hybridized carbons (Fsp3) is 0.0833. The summed E-state index contributed by atoms with van der Waals surface area (Å²) in [6, 6.07) is 7.95. The van der Waals surface area contributed by atoms with Gasteiger partial charge in [0.25, 0.3) is 5.56 Å². The molecule has 0 fully saturated rings. The molecule has 3 rings (SSSR count). The molecule has 0 spiro atoms. The average molecular weight is 322 g/mol. The van der Waals surface area contributed by atoms with Crippen LogP contribution in [0.5, 0.6) is 0 Å². The number of nitrogens with zero attached hydrogens (tertiary/aromatic N) is 3. The lowest BCUT2D eigenvalue weighted by molar-refractivity contribution is 0.867. The van der Waals surface area contributed by atoms with E-state index in [9.17, 15) is 4.79 Å². The van der Waals surface area contributed by atoms with Gasteiger partial charge in [-0.25, -0.2) is 4.52 Å². The number of thiazole rings is 1. The summed E-state index contributed by atoms with van der Waals surface area (Å²) in [5.41, 5.74) is 2.13. The van der Waals surface area contributed by atoms with E-state index in [1.54, 1.807) is 11.4 Å². The molecule has 0 aliphatic carbocycles. The molecular weight excluding hydrogens is 314 g/mol. The number of aromatic nitrogens is 3. The van der Waals surface area contributed by atoms with Gasteiger partial charge in [0.15, 0.2) is 0 Å². The van der Waals surface area contributed by atoms with Crippen LogP contribution < -0.4 is 5.56 Å². The third kappa shape index (κ3) is 1.87. The largest absolute Gasteiger partial charge is 0.295 e. The molecule has 4 nitrogen and oxygen atoms in total. The van der Waals surface area contributed by atoms with E-state index in [-0.39, 0.29) is 5.56 Å². The highest BCUT2D eigenvalue weighted by Crippen LogP contribution is 2.25. The van der Waals surface area contributed by atoms with E-state index in [0.29, 0.717) is 10.7 Å². The molecular formula is C12H8BrN3OS. The molecule has 18 heavy (non-hydrogen) atoms. The predicted molar refractivity (Wildman–Crippen MR) is 75.0 cm³/mol. The van der Waals surface area contributed by atoms with Gasteiger partial charge in [-0.3, -0.25) is 4.79 Å². The molecule has 2 heterocycles. The predicted octanol–water partition coefficient (Wildman–Crippen LogP) is 2.89. The normalized spacial score (nSPS) is 11.0. The molecule has 0 aliphatic heterocycles. The first kappa shape index (κ1) is 11.6. The molecule has 90 valence electrons. The van der Waals surface area contributed by atoms with Crippen LogP contribution in [0.25, 0.3) is 16.2 Å². The molecule has 0 radical (unpaired) electrons. The Kier molecular flexibility index (Phi) is 2.76. The molecule has 0 aliphatic rings. The lowest BCUT2D eigenvalue weighted by atomic mass is 10.2. The number of halogens is 1. The molecule has 1 aromatic carbocycles. The van der Waals surface area contributed by atoms with Crippen LogP contribution in [-0.4, -0.2) is 14.6 Å². The van der Waals surface area contributed by atoms with Crippen molar-refractivity contribution in [2.45, 2.75) is 6.92 Å². The summed E-state index contributed by atoms with van der Waals surface area (Å²) in [5.74, 6) is 0. The topological polar surface area (TPSA) is 47.3 Å². The third-order valence-corrected chi connectivity index (χ3v) is 3.93. The van der Waals surface area contributed by atoms with Crippen LogP contribution in [-0.2, 0) is 0 Å². The van der Waals surface area contributed by atoms with Gasteiger partial charge in [0, 0.05) is 15.4 Å². The van der Waals surface area contributed by atoms with E-state index in [4.69, 9.17) is 0 Å². The number of fused-ring (bicyclic) bond motifs is 1. The molecule has 0 atom stereocenters. The van der Waals surface area contributed by atoms with E-state index < -0.39 is 0 Å². The van der Waals surface area contributed by atoms with E-state index in [1.165, 1.54) is 11.3 Å². The zero-order valence-corrected chi connectivity index (χ0v) is 11.8. The van der Waals surface area contributed by atoms with E-state index in [1.807, 2.05) is 29.6 Å². The van der Waals surface area contributed by atoms with Gasteiger partial charge in [-0.15, -0.1) is 11.3 Å². The summed E-state index contributed by atoms with van der Waals surface area (Å²) in [7, 11) is 0. The minimum absolute atomic E-state index is 0.265. The molecule has 0 saturated heterocycles. The SMILES string of the molecule is Cc1nn2c(-c3ccc(Br)cc3)csc2nc1=O. The summed E-state index contributed by atoms with van der Waals surface area (Å²) in [5, 5.41) is 6.23. The van der Waals surface area contributed by atoms with Gasteiger partial charge in [-0.1, -0.05) is 28.1 Å². The van der Waals surface area contributed by atoms with Gasteiger partial charge >= 0.3 is 0 Å². The fourth-order valence-corrected chi connectivity index (χ4v) is 2.75. The maximum atomic E-state index is 11.4. The van der Waals surface area contributed by atoms with Gasteiger partial charge in [0.2, 0.25) is 4.96 Å². The number of hydrogen-bond donors (Lipinski definition) is 0. The van der Waals surface area contributed by atoms with Crippen LogP contribution in [0, 0.1) is 6.92 Å². The summed E-state index contributed by atoms with van der Waals surface area (Å²) in [4.78, 5) is 16.0. The van der Waals surface area contributed by atoms with Crippen LogP contribution in [0.1, 0.15) is 5.69 Å². The summed E-state index contributed by atoms with van der Waals surface area (Å²) in [6.45, 7) is 1.67. The Hall–Kier alpha value is -1.53. The lowest BCUT2D eigenvalue weighted by Gasteiger charge is -2.01. The molecule has 3 aromatic rings. The first-order valence-corrected chi connectivity index (χ1v) is 6.93. The second-order valence-electron chi connectivity index (χ2n) is 3.82. The summed E-state index contributed by atoms with van der Waals surface area (Å²) in [6.07, 6.45) is 0. The Morgan fingerprint density at radius 3 is 2.72 bits per heavy atom. The molecule has 2 aromatic heterocycles. The second-order valence-corrected chi connectivity index (χ2v) is 5.58. The van der Waals surface area contributed by atoms with Crippen molar-refractivity contribution in [2.75, 3.05) is 0 Å². The molecule has 6 heteroatoms. The number of rotatable bonds is 1. The summed E-state index contributed by atoms with van der Waals surface area (Å²) < 4.78 is 2.74. The van der Waals surface area contributed by atoms with Crippen molar-refractivity contribution < 1.29 is 0 Å². The highest BCUT2D eigenvalue weighted by molar-refractivity contribution is 9.10. The summed E-state index contributed by atoms with van der Waals surface area (Å²) >= 11 is 4.82. The van der Waals surface area contributed by atoms with Crippen LogP contribution >= 0.6 is 27.3 Å². The van der Waals surface area contributed by atoms with Crippen molar-refractivity contribution in [2.24, 2.45) is 0 Å². The average Bonchev–Trinajstić information content (AvgIpc) is 2.74. The highest BCUT2D eigenvalue weighted by atomic mass is 79.9. The van der Waals surface area contributed by atoms with E-state index >= 15 is 0 Å². The van der Waals surface area contributed by atoms with Gasteiger partial charge < -0.3 is 0 Å². The maximum absolute atomic E-state index is 11.4. The first-order chi connectivity index (χ1) is 8.65. The second kappa shape index (κ2) is 4.29. The van der Waals surface area contributed by atoms with E-state index in [0.717, 1.165) is 15.7 Å². The standard InChI is InChI=1S/C12H8BrN3OS/c1-7-11(17)14-12-16(15-7)10(6-18-12)8-2-4-9(13)5-3-8/h2-6H,1H3. The van der Waals surface area contributed by atoms with Crippen molar-refractivity contribution in [3.8, 4) is 11.3 Å². The van der Waals surface area contributed by atoms with Gasteiger partial charge in [-0.05, 0) is 19.1 Å². The molecule has 0 N–H and O–H groups in total. The maximum Gasteiger partial charge on any atom is 0.295 e. The zero-order valence-electron chi connectivity index (χ0n) is 9.42. The number of aryl methyl sites for hydroxylation is 1. The van der Waals surface area contributed by atoms with Crippen molar-refractivity contribution >= 4 is 32.2 Å². The quantitative estimate of drug-likeness (QED) is 0.692. The van der Waals surface area contributed by atoms with Gasteiger partial charge in [0.1, 0.15) is 5.69 Å².